The van der Waals surface area contributed by atoms with Crippen LogP contribution in [0.15, 0.2) is 52.2 Å². The van der Waals surface area contributed by atoms with Gasteiger partial charge in [-0.25, -0.2) is 4.98 Å². The molecule has 3 aromatic heterocycles. The van der Waals surface area contributed by atoms with Crippen molar-refractivity contribution >= 4 is 50.4 Å². The quantitative estimate of drug-likeness (QED) is 0.513. The molecule has 0 fully saturated rings. The summed E-state index contributed by atoms with van der Waals surface area (Å²) in [6.45, 7) is 1.57. The van der Waals surface area contributed by atoms with Crippen LogP contribution < -0.4 is 16.6 Å². The van der Waals surface area contributed by atoms with Gasteiger partial charge in [-0.3, -0.25) is 19.0 Å². The van der Waals surface area contributed by atoms with Crippen molar-refractivity contribution in [1.29, 1.82) is 0 Å². The number of benzene rings is 1. The first kappa shape index (κ1) is 19.0. The Kier molecular flexibility index (Phi) is 4.99. The number of aryl methyl sites for hydroxylation is 1. The van der Waals surface area contributed by atoms with E-state index in [1.165, 1.54) is 22.2 Å². The van der Waals surface area contributed by atoms with Crippen LogP contribution in [0, 0.1) is 6.92 Å². The average molecular weight is 425 g/mol. The van der Waals surface area contributed by atoms with Crippen LogP contribution in [-0.4, -0.2) is 21.4 Å². The number of nitrogens with one attached hydrogen (secondary N) is 1. The normalized spacial score (nSPS) is 10.9. The minimum Gasteiger partial charge on any atom is -0.366 e. The molecule has 0 aliphatic rings. The van der Waals surface area contributed by atoms with Gasteiger partial charge >= 0.3 is 0 Å². The minimum absolute atomic E-state index is 0.169. The van der Waals surface area contributed by atoms with Crippen LogP contribution in [0.5, 0.6) is 0 Å². The number of anilines is 1. The Labute approximate surface area is 173 Å². The van der Waals surface area contributed by atoms with Crippen LogP contribution in [0.4, 0.5) is 5.69 Å². The Bertz CT molecular complexity index is 1290. The first-order valence-electron chi connectivity index (χ1n) is 8.65. The van der Waals surface area contributed by atoms with Crippen molar-refractivity contribution in [3.63, 3.8) is 0 Å². The average Bonchev–Trinajstić information content (AvgIpc) is 3.33. The number of primary amides is 1. The molecule has 0 bridgehead atoms. The summed E-state index contributed by atoms with van der Waals surface area (Å²) in [4.78, 5) is 42.7. The number of hydrogen-bond donors (Lipinski definition) is 2. The highest BCUT2D eigenvalue weighted by molar-refractivity contribution is 7.18. The third-order valence-corrected chi connectivity index (χ3v) is 6.23. The van der Waals surface area contributed by atoms with E-state index in [1.807, 2.05) is 22.9 Å². The first-order chi connectivity index (χ1) is 13.9. The fourth-order valence-electron chi connectivity index (χ4n) is 3.07. The number of rotatable bonds is 5. The van der Waals surface area contributed by atoms with Crippen molar-refractivity contribution in [3.8, 4) is 10.4 Å². The topological polar surface area (TPSA) is 107 Å². The molecule has 0 aliphatic carbocycles. The molecule has 29 heavy (non-hydrogen) atoms. The second kappa shape index (κ2) is 7.61. The largest absolute Gasteiger partial charge is 0.366 e. The zero-order valence-electron chi connectivity index (χ0n) is 15.3. The Morgan fingerprint density at radius 3 is 2.76 bits per heavy atom. The van der Waals surface area contributed by atoms with Crippen LogP contribution in [0.25, 0.3) is 20.7 Å². The second-order valence-electron chi connectivity index (χ2n) is 6.43. The molecule has 7 nitrogen and oxygen atoms in total. The summed E-state index contributed by atoms with van der Waals surface area (Å²) in [6, 6.07) is 8.70. The fraction of sp³-hybridized carbons (Fsp3) is 0.100. The highest BCUT2D eigenvalue weighted by atomic mass is 32.1. The third kappa shape index (κ3) is 3.69. The highest BCUT2D eigenvalue weighted by Gasteiger charge is 2.15. The Morgan fingerprint density at radius 1 is 1.24 bits per heavy atom. The Balaban J connectivity index is 1.59. The van der Waals surface area contributed by atoms with Crippen LogP contribution in [0.3, 0.4) is 0 Å². The molecule has 0 aliphatic heterocycles. The van der Waals surface area contributed by atoms with Crippen molar-refractivity contribution in [2.45, 2.75) is 13.5 Å². The first-order valence-corrected chi connectivity index (χ1v) is 10.4. The summed E-state index contributed by atoms with van der Waals surface area (Å²) in [5.41, 5.74) is 7.46. The number of nitrogens with zero attached hydrogens (tertiary/aromatic N) is 2. The molecule has 0 spiro atoms. The standard InChI is InChI=1S/C20H16N4O3S2/c1-11-7-12(4-5-13(11)18(21)26)23-16(25)8-24-10-22-19-17(20(24)27)14(9-29-19)15-3-2-6-28-15/h2-7,9-10H,8H2,1H3,(H2,21,26)(H,23,25). The van der Waals surface area contributed by atoms with E-state index in [-0.39, 0.29) is 18.0 Å². The molecule has 4 rings (SSSR count). The lowest BCUT2D eigenvalue weighted by Gasteiger charge is -2.09. The molecule has 0 unspecified atom stereocenters. The maximum atomic E-state index is 13.0. The lowest BCUT2D eigenvalue weighted by Crippen LogP contribution is -2.27. The van der Waals surface area contributed by atoms with Gasteiger partial charge in [-0.1, -0.05) is 6.07 Å². The van der Waals surface area contributed by atoms with Crippen LogP contribution in [0.1, 0.15) is 15.9 Å². The number of carbonyl (C=O) groups excluding carboxylic acids is 2. The van der Waals surface area contributed by atoms with Gasteiger partial charge in [-0.05, 0) is 42.1 Å². The predicted octanol–water partition coefficient (Wildman–Crippen LogP) is 3.23. The van der Waals surface area contributed by atoms with E-state index in [0.29, 0.717) is 27.0 Å². The summed E-state index contributed by atoms with van der Waals surface area (Å²) in [5.74, 6) is -0.893. The molecular weight excluding hydrogens is 408 g/mol. The number of amides is 2. The number of hydrogen-bond acceptors (Lipinski definition) is 6. The smallest absolute Gasteiger partial charge is 0.263 e. The molecule has 0 saturated heterocycles. The number of fused-ring (bicyclic) bond motifs is 1. The number of nitrogens with two attached hydrogens (primary N) is 1. The van der Waals surface area contributed by atoms with Crippen molar-refractivity contribution < 1.29 is 9.59 Å². The van der Waals surface area contributed by atoms with E-state index in [4.69, 9.17) is 5.73 Å². The maximum absolute atomic E-state index is 13.0. The summed E-state index contributed by atoms with van der Waals surface area (Å²) in [5, 5.41) is 7.12. The summed E-state index contributed by atoms with van der Waals surface area (Å²) in [7, 11) is 0. The summed E-state index contributed by atoms with van der Waals surface area (Å²) >= 11 is 2.95. The van der Waals surface area contributed by atoms with E-state index in [0.717, 1.165) is 10.4 Å². The number of thiophene rings is 2. The van der Waals surface area contributed by atoms with E-state index in [1.54, 1.807) is 36.5 Å². The molecule has 0 saturated carbocycles. The summed E-state index contributed by atoms with van der Waals surface area (Å²) < 4.78 is 1.30. The van der Waals surface area contributed by atoms with Crippen LogP contribution in [0.2, 0.25) is 0 Å². The molecule has 3 N–H and O–H groups in total. The molecule has 3 heterocycles. The van der Waals surface area contributed by atoms with Crippen molar-refractivity contribution in [2.24, 2.45) is 5.73 Å². The SMILES string of the molecule is Cc1cc(NC(=O)Cn2cnc3scc(-c4cccs4)c3c2=O)ccc1C(N)=O. The fourth-order valence-corrected chi connectivity index (χ4v) is 4.79. The molecule has 0 radical (unpaired) electrons. The van der Waals surface area contributed by atoms with Gasteiger partial charge < -0.3 is 11.1 Å². The predicted molar refractivity (Wildman–Crippen MR) is 116 cm³/mol. The molecule has 4 aromatic rings. The third-order valence-electron chi connectivity index (χ3n) is 4.44. The van der Waals surface area contributed by atoms with E-state index in [9.17, 15) is 14.4 Å². The minimum atomic E-state index is -0.524. The van der Waals surface area contributed by atoms with Crippen molar-refractivity contribution in [2.75, 3.05) is 5.32 Å². The molecular formula is C20H16N4O3S2. The number of aromatic nitrogens is 2. The van der Waals surface area contributed by atoms with Crippen LogP contribution in [-0.2, 0) is 11.3 Å². The zero-order valence-corrected chi connectivity index (χ0v) is 17.0. The molecule has 0 atom stereocenters. The molecule has 2 amide bonds. The maximum Gasteiger partial charge on any atom is 0.263 e. The van der Waals surface area contributed by atoms with Gasteiger partial charge in [0, 0.05) is 27.1 Å². The van der Waals surface area contributed by atoms with Crippen molar-refractivity contribution in [3.05, 3.63) is 68.9 Å². The van der Waals surface area contributed by atoms with Gasteiger partial charge in [-0.15, -0.1) is 22.7 Å². The monoisotopic (exact) mass is 424 g/mol. The highest BCUT2D eigenvalue weighted by Crippen LogP contribution is 2.33. The van der Waals surface area contributed by atoms with Gasteiger partial charge in [0.2, 0.25) is 11.8 Å². The lowest BCUT2D eigenvalue weighted by molar-refractivity contribution is -0.116. The molecule has 9 heteroatoms. The molecule has 1 aromatic carbocycles. The zero-order chi connectivity index (χ0) is 20.5. The lowest BCUT2D eigenvalue weighted by atomic mass is 10.1. The van der Waals surface area contributed by atoms with Gasteiger partial charge in [0.1, 0.15) is 11.4 Å². The Hall–Kier alpha value is -3.30. The number of carbonyl (C=O) groups is 2. The second-order valence-corrected chi connectivity index (χ2v) is 8.23. The molecule has 146 valence electrons. The van der Waals surface area contributed by atoms with E-state index < -0.39 is 5.91 Å². The van der Waals surface area contributed by atoms with Gasteiger partial charge in [0.15, 0.2) is 0 Å². The van der Waals surface area contributed by atoms with E-state index in [2.05, 4.69) is 10.3 Å². The van der Waals surface area contributed by atoms with Crippen molar-refractivity contribution in [1.82, 2.24) is 9.55 Å². The van der Waals surface area contributed by atoms with Crippen LogP contribution >= 0.6 is 22.7 Å². The van der Waals surface area contributed by atoms with Gasteiger partial charge in [-0.2, -0.15) is 0 Å². The summed E-state index contributed by atoms with van der Waals surface area (Å²) in [6.07, 6.45) is 1.39. The van der Waals surface area contributed by atoms with E-state index >= 15 is 0 Å². The van der Waals surface area contributed by atoms with Gasteiger partial charge in [0.25, 0.3) is 5.56 Å². The Morgan fingerprint density at radius 2 is 2.07 bits per heavy atom. The van der Waals surface area contributed by atoms with Gasteiger partial charge in [0.05, 0.1) is 11.7 Å².